The van der Waals surface area contributed by atoms with Gasteiger partial charge in [0, 0.05) is 6.92 Å². The van der Waals surface area contributed by atoms with Gasteiger partial charge in [0.15, 0.2) is 10.9 Å². The molecular weight excluding hydrogens is 322 g/mol. The summed E-state index contributed by atoms with van der Waals surface area (Å²) in [4.78, 5) is 28.2. The molecule has 0 saturated heterocycles. The van der Waals surface area contributed by atoms with Crippen molar-refractivity contribution >= 4 is 40.7 Å². The van der Waals surface area contributed by atoms with Crippen LogP contribution < -0.4 is 10.8 Å². The smallest absolute Gasteiger partial charge is 0.423 e. The summed E-state index contributed by atoms with van der Waals surface area (Å²) in [6.07, 6.45) is 0. The number of carbonyl (C=O) groups excluding carboxylic acids is 2. The number of ketones is 1. The lowest BCUT2D eigenvalue weighted by atomic mass is 9.78. The fraction of sp³-hybridized carbons (Fsp3) is 0.214. The number of hydrogen-bond acceptors (Lipinski definition) is 6. The predicted octanol–water partition coefficient (Wildman–Crippen LogP) is 1.26. The van der Waals surface area contributed by atoms with E-state index >= 15 is 0 Å². The Hall–Kier alpha value is -2.10. The molecular formula is C14H12BFN2O4S. The third kappa shape index (κ3) is 2.90. The van der Waals surface area contributed by atoms with Crippen LogP contribution in [0.15, 0.2) is 12.1 Å². The van der Waals surface area contributed by atoms with E-state index in [2.05, 4.69) is 10.3 Å². The number of aromatic nitrogens is 1. The number of benzene rings is 1. The summed E-state index contributed by atoms with van der Waals surface area (Å²) in [5, 5.41) is 12.3. The number of Topliss-reactive ketones (excluding diaryl/α,β-unsaturated/α-hetero) is 1. The molecule has 23 heavy (non-hydrogen) atoms. The third-order valence-corrected chi connectivity index (χ3v) is 4.65. The third-order valence-electron chi connectivity index (χ3n) is 3.47. The molecule has 1 aliphatic heterocycles. The summed E-state index contributed by atoms with van der Waals surface area (Å²) in [7, 11) is -1.16. The molecule has 9 heteroatoms. The molecule has 1 aliphatic rings. The molecule has 0 spiro atoms. The highest BCUT2D eigenvalue weighted by atomic mass is 32.1. The topological polar surface area (TPSA) is 88.5 Å². The van der Waals surface area contributed by atoms with Gasteiger partial charge in [-0.15, -0.1) is 0 Å². The maximum atomic E-state index is 14.1. The molecule has 0 saturated carbocycles. The number of hydrogen-bond donors (Lipinski definition) is 2. The van der Waals surface area contributed by atoms with E-state index in [1.807, 2.05) is 0 Å². The number of fused-ring (bicyclic) bond motifs is 1. The van der Waals surface area contributed by atoms with Crippen molar-refractivity contribution in [1.82, 2.24) is 4.98 Å². The van der Waals surface area contributed by atoms with Crippen LogP contribution in [-0.4, -0.2) is 28.8 Å². The van der Waals surface area contributed by atoms with Gasteiger partial charge in [-0.25, -0.2) is 9.37 Å². The Morgan fingerprint density at radius 3 is 2.87 bits per heavy atom. The van der Waals surface area contributed by atoms with Crippen molar-refractivity contribution in [3.63, 3.8) is 0 Å². The van der Waals surface area contributed by atoms with Gasteiger partial charge in [0.1, 0.15) is 5.82 Å². The fourth-order valence-corrected chi connectivity index (χ4v) is 3.22. The average Bonchev–Trinajstić information content (AvgIpc) is 3.01. The molecule has 118 valence electrons. The molecule has 1 aromatic carbocycles. The molecule has 2 heterocycles. The summed E-state index contributed by atoms with van der Waals surface area (Å²) in [5.41, 5.74) is 1.17. The highest BCUT2D eigenvalue weighted by molar-refractivity contribution is 7.17. The summed E-state index contributed by atoms with van der Waals surface area (Å²) < 4.78 is 19.1. The van der Waals surface area contributed by atoms with E-state index in [1.165, 1.54) is 19.1 Å². The molecule has 0 atom stereocenters. The van der Waals surface area contributed by atoms with E-state index in [9.17, 15) is 19.0 Å². The van der Waals surface area contributed by atoms with Gasteiger partial charge >= 0.3 is 7.12 Å². The second-order valence-corrected chi connectivity index (χ2v) is 6.14. The number of thiazole rings is 1. The standard InChI is InChI=1S/C14H12BFN2O4S/c1-6-12(7(2)19)23-14(17-6)18-13(20)9-4-10-8(3-11(9)16)5-22-15(10)21/h3-4,21H,5H2,1-2H3,(H,17,18,20). The van der Waals surface area contributed by atoms with E-state index in [0.717, 1.165) is 11.3 Å². The normalized spacial score (nSPS) is 13.1. The first-order valence-corrected chi connectivity index (χ1v) is 7.60. The minimum absolute atomic E-state index is 0.100. The highest BCUT2D eigenvalue weighted by Gasteiger charge is 2.30. The van der Waals surface area contributed by atoms with Gasteiger partial charge in [-0.3, -0.25) is 14.9 Å². The highest BCUT2D eigenvalue weighted by Crippen LogP contribution is 2.24. The fourth-order valence-electron chi connectivity index (χ4n) is 2.36. The van der Waals surface area contributed by atoms with E-state index < -0.39 is 18.8 Å². The number of amides is 1. The molecule has 3 rings (SSSR count). The van der Waals surface area contributed by atoms with E-state index in [0.29, 0.717) is 21.6 Å². The monoisotopic (exact) mass is 334 g/mol. The number of aryl methyl sites for hydroxylation is 1. The van der Waals surface area contributed by atoms with Gasteiger partial charge < -0.3 is 9.68 Å². The van der Waals surface area contributed by atoms with Gasteiger partial charge in [-0.1, -0.05) is 11.3 Å². The first-order chi connectivity index (χ1) is 10.9. The second-order valence-electron chi connectivity index (χ2n) is 5.14. The molecule has 1 aromatic heterocycles. The van der Waals surface area contributed by atoms with Crippen molar-refractivity contribution in [1.29, 1.82) is 0 Å². The zero-order chi connectivity index (χ0) is 16.7. The van der Waals surface area contributed by atoms with E-state index in [-0.39, 0.29) is 23.1 Å². The summed E-state index contributed by atoms with van der Waals surface area (Å²) >= 11 is 1.03. The first-order valence-electron chi connectivity index (χ1n) is 6.78. The van der Waals surface area contributed by atoms with Gasteiger partial charge in [0.05, 0.1) is 22.7 Å². The number of halogens is 1. The van der Waals surface area contributed by atoms with Crippen LogP contribution in [-0.2, 0) is 11.3 Å². The quantitative estimate of drug-likeness (QED) is 0.652. The van der Waals surface area contributed by atoms with Gasteiger partial charge in [-0.05, 0) is 30.1 Å². The lowest BCUT2D eigenvalue weighted by molar-refractivity contribution is 0.101. The number of nitrogens with zero attached hydrogens (tertiary/aromatic N) is 1. The number of nitrogens with one attached hydrogen (secondary N) is 1. The van der Waals surface area contributed by atoms with Crippen LogP contribution in [0.1, 0.15) is 38.2 Å². The average molecular weight is 334 g/mol. The van der Waals surface area contributed by atoms with Crippen molar-refractivity contribution < 1.29 is 23.7 Å². The number of carbonyl (C=O) groups is 2. The summed E-state index contributed by atoms with van der Waals surface area (Å²) in [6, 6.07) is 2.44. The minimum Gasteiger partial charge on any atom is -0.423 e. The second kappa shape index (κ2) is 5.84. The molecule has 2 aromatic rings. The number of anilines is 1. The zero-order valence-electron chi connectivity index (χ0n) is 12.3. The molecule has 0 fully saturated rings. The van der Waals surface area contributed by atoms with Crippen LogP contribution in [0.5, 0.6) is 0 Å². The Bertz CT molecular complexity index is 823. The Labute approximate surface area is 135 Å². The maximum Gasteiger partial charge on any atom is 0.491 e. The van der Waals surface area contributed by atoms with Crippen molar-refractivity contribution in [2.45, 2.75) is 20.5 Å². The molecule has 0 unspecified atom stereocenters. The van der Waals surface area contributed by atoms with Crippen LogP contribution in [0.2, 0.25) is 0 Å². The van der Waals surface area contributed by atoms with Gasteiger partial charge in [0.2, 0.25) is 0 Å². The lowest BCUT2D eigenvalue weighted by Crippen LogP contribution is -2.30. The molecule has 0 radical (unpaired) electrons. The Kier molecular flexibility index (Phi) is 4.01. The maximum absolute atomic E-state index is 14.1. The van der Waals surface area contributed by atoms with Crippen molar-refractivity contribution in [2.75, 3.05) is 5.32 Å². The molecule has 2 N–H and O–H groups in total. The van der Waals surface area contributed by atoms with E-state index in [1.54, 1.807) is 6.92 Å². The Morgan fingerprint density at radius 2 is 2.22 bits per heavy atom. The molecule has 1 amide bonds. The zero-order valence-corrected chi connectivity index (χ0v) is 13.2. The Balaban J connectivity index is 1.88. The van der Waals surface area contributed by atoms with Crippen molar-refractivity contribution in [3.8, 4) is 0 Å². The van der Waals surface area contributed by atoms with Crippen LogP contribution >= 0.6 is 11.3 Å². The lowest BCUT2D eigenvalue weighted by Gasteiger charge is -2.06. The Morgan fingerprint density at radius 1 is 1.48 bits per heavy atom. The number of rotatable bonds is 3. The van der Waals surface area contributed by atoms with Crippen molar-refractivity contribution in [3.05, 3.63) is 39.6 Å². The molecule has 0 bridgehead atoms. The van der Waals surface area contributed by atoms with Crippen LogP contribution in [0, 0.1) is 12.7 Å². The largest absolute Gasteiger partial charge is 0.491 e. The van der Waals surface area contributed by atoms with Crippen LogP contribution in [0.25, 0.3) is 0 Å². The van der Waals surface area contributed by atoms with Crippen LogP contribution in [0.4, 0.5) is 9.52 Å². The van der Waals surface area contributed by atoms with Gasteiger partial charge in [-0.2, -0.15) is 0 Å². The minimum atomic E-state index is -1.16. The van der Waals surface area contributed by atoms with Crippen LogP contribution in [0.3, 0.4) is 0 Å². The van der Waals surface area contributed by atoms with Gasteiger partial charge in [0.25, 0.3) is 5.91 Å². The van der Waals surface area contributed by atoms with Crippen molar-refractivity contribution in [2.24, 2.45) is 0 Å². The molecule has 6 nitrogen and oxygen atoms in total. The summed E-state index contributed by atoms with van der Waals surface area (Å²) in [5.74, 6) is -1.56. The predicted molar refractivity (Wildman–Crippen MR) is 83.6 cm³/mol. The molecule has 0 aliphatic carbocycles. The SMILES string of the molecule is CC(=O)c1sc(NC(=O)c2cc3c(cc2F)COB3O)nc1C. The van der Waals surface area contributed by atoms with E-state index in [4.69, 9.17) is 4.65 Å². The first kappa shape index (κ1) is 15.8. The summed E-state index contributed by atoms with van der Waals surface area (Å²) in [6.45, 7) is 3.17.